The minimum Gasteiger partial charge on any atom is -0.493 e. The molecule has 0 saturated carbocycles. The van der Waals surface area contributed by atoms with Crippen LogP contribution in [0.3, 0.4) is 0 Å². The molecular weight excluding hydrogens is 290 g/mol. The highest BCUT2D eigenvalue weighted by molar-refractivity contribution is 6.30. The summed E-state index contributed by atoms with van der Waals surface area (Å²) in [6.45, 7) is 0. The summed E-state index contributed by atoms with van der Waals surface area (Å²) in [6, 6.07) is 11.0. The first kappa shape index (κ1) is 13.6. The molecule has 0 radical (unpaired) electrons. The average Bonchev–Trinajstić information content (AvgIpc) is 2.81. The van der Waals surface area contributed by atoms with Crippen molar-refractivity contribution in [2.75, 3.05) is 20.0 Å². The molecule has 0 fully saturated rings. The normalized spacial score (nSPS) is 10.8. The molecule has 1 aromatic heterocycles. The number of hydrogen-bond acceptors (Lipinski definition) is 4. The van der Waals surface area contributed by atoms with Gasteiger partial charge in [-0.2, -0.15) is 0 Å². The van der Waals surface area contributed by atoms with Gasteiger partial charge in [0.05, 0.1) is 25.3 Å². The lowest BCUT2D eigenvalue weighted by molar-refractivity contribution is 0.355. The number of fused-ring (bicyclic) bond motifs is 1. The van der Waals surface area contributed by atoms with E-state index >= 15 is 0 Å². The van der Waals surface area contributed by atoms with Crippen LogP contribution in [0, 0.1) is 0 Å². The van der Waals surface area contributed by atoms with Crippen LogP contribution < -0.4 is 15.2 Å². The van der Waals surface area contributed by atoms with E-state index in [1.807, 2.05) is 34.9 Å². The van der Waals surface area contributed by atoms with Crippen LogP contribution in [0.5, 0.6) is 11.5 Å². The predicted molar refractivity (Wildman–Crippen MR) is 83.6 cm³/mol. The van der Waals surface area contributed by atoms with E-state index in [0.29, 0.717) is 22.5 Å². The van der Waals surface area contributed by atoms with Crippen LogP contribution in [0.25, 0.3) is 16.7 Å². The van der Waals surface area contributed by atoms with E-state index in [1.165, 1.54) is 0 Å². The molecule has 0 aliphatic carbocycles. The molecular formula is C15H14ClN3O2. The van der Waals surface area contributed by atoms with Gasteiger partial charge in [-0.3, -0.25) is 4.57 Å². The number of halogens is 1. The number of ether oxygens (including phenoxy) is 2. The highest BCUT2D eigenvalue weighted by Crippen LogP contribution is 2.34. The first-order valence-electron chi connectivity index (χ1n) is 6.30. The lowest BCUT2D eigenvalue weighted by Gasteiger charge is -2.09. The SMILES string of the molecule is COc1cc2nc(N)n(-c3ccc(Cl)cc3)c2cc1OC. The van der Waals surface area contributed by atoms with Crippen molar-refractivity contribution >= 4 is 28.6 Å². The van der Waals surface area contributed by atoms with Gasteiger partial charge in [0.1, 0.15) is 0 Å². The van der Waals surface area contributed by atoms with Crippen molar-refractivity contribution in [3.8, 4) is 17.2 Å². The average molecular weight is 304 g/mol. The Balaban J connectivity index is 2.27. The van der Waals surface area contributed by atoms with Crippen molar-refractivity contribution in [1.82, 2.24) is 9.55 Å². The Morgan fingerprint density at radius 3 is 2.29 bits per heavy atom. The Morgan fingerprint density at radius 1 is 1.05 bits per heavy atom. The molecule has 6 heteroatoms. The molecule has 0 unspecified atom stereocenters. The van der Waals surface area contributed by atoms with Crippen LogP contribution in [0.1, 0.15) is 0 Å². The van der Waals surface area contributed by atoms with Crippen molar-refractivity contribution in [3.05, 3.63) is 41.4 Å². The molecule has 108 valence electrons. The Hall–Kier alpha value is -2.40. The lowest BCUT2D eigenvalue weighted by Crippen LogP contribution is -2.00. The van der Waals surface area contributed by atoms with Crippen LogP contribution in [-0.4, -0.2) is 23.8 Å². The Morgan fingerprint density at radius 2 is 1.67 bits per heavy atom. The Bertz CT molecular complexity index is 797. The summed E-state index contributed by atoms with van der Waals surface area (Å²) in [5, 5.41) is 0.668. The number of nitrogens with zero attached hydrogens (tertiary/aromatic N) is 2. The van der Waals surface area contributed by atoms with E-state index in [2.05, 4.69) is 4.98 Å². The quantitative estimate of drug-likeness (QED) is 0.806. The van der Waals surface area contributed by atoms with Gasteiger partial charge in [-0.1, -0.05) is 11.6 Å². The Labute approximate surface area is 126 Å². The summed E-state index contributed by atoms with van der Waals surface area (Å²) < 4.78 is 12.5. The molecule has 0 aliphatic rings. The number of aromatic nitrogens is 2. The zero-order chi connectivity index (χ0) is 15.0. The third-order valence-corrected chi connectivity index (χ3v) is 3.52. The van der Waals surface area contributed by atoms with Gasteiger partial charge >= 0.3 is 0 Å². The predicted octanol–water partition coefficient (Wildman–Crippen LogP) is 3.28. The third kappa shape index (κ3) is 2.25. The molecule has 21 heavy (non-hydrogen) atoms. The monoisotopic (exact) mass is 303 g/mol. The van der Waals surface area contributed by atoms with Crippen LogP contribution >= 0.6 is 11.6 Å². The van der Waals surface area contributed by atoms with E-state index in [4.69, 9.17) is 26.8 Å². The molecule has 3 aromatic rings. The number of nitrogen functional groups attached to an aromatic ring is 1. The van der Waals surface area contributed by atoms with Crippen molar-refractivity contribution in [3.63, 3.8) is 0 Å². The molecule has 0 bridgehead atoms. The summed E-state index contributed by atoms with van der Waals surface area (Å²) in [6.07, 6.45) is 0. The fourth-order valence-electron chi connectivity index (χ4n) is 2.28. The third-order valence-electron chi connectivity index (χ3n) is 3.27. The molecule has 1 heterocycles. The fraction of sp³-hybridized carbons (Fsp3) is 0.133. The highest BCUT2D eigenvalue weighted by Gasteiger charge is 2.14. The zero-order valence-corrected chi connectivity index (χ0v) is 12.4. The maximum atomic E-state index is 6.04. The minimum atomic E-state index is 0.391. The molecule has 0 saturated heterocycles. The number of anilines is 1. The van der Waals surface area contributed by atoms with Gasteiger partial charge < -0.3 is 15.2 Å². The number of methoxy groups -OCH3 is 2. The number of imidazole rings is 1. The van der Waals surface area contributed by atoms with Crippen molar-refractivity contribution in [2.24, 2.45) is 0 Å². The molecule has 2 N–H and O–H groups in total. The van der Waals surface area contributed by atoms with Crippen LogP contribution in [0.4, 0.5) is 5.95 Å². The van der Waals surface area contributed by atoms with Gasteiger partial charge in [0.15, 0.2) is 11.5 Å². The maximum Gasteiger partial charge on any atom is 0.205 e. The second kappa shape index (κ2) is 5.18. The second-order valence-corrected chi connectivity index (χ2v) is 4.91. The van der Waals surface area contributed by atoms with E-state index in [9.17, 15) is 0 Å². The standard InChI is InChI=1S/C15H14ClN3O2/c1-20-13-7-11-12(8-14(13)21-2)19(15(17)18-11)10-5-3-9(16)4-6-10/h3-8H,1-2H3,(H2,17,18). The molecule has 5 nitrogen and oxygen atoms in total. The van der Waals surface area contributed by atoms with E-state index in [1.54, 1.807) is 20.3 Å². The first-order chi connectivity index (χ1) is 10.1. The zero-order valence-electron chi connectivity index (χ0n) is 11.6. The lowest BCUT2D eigenvalue weighted by atomic mass is 10.2. The molecule has 3 rings (SSSR count). The smallest absolute Gasteiger partial charge is 0.205 e. The number of hydrogen-bond donors (Lipinski definition) is 1. The molecule has 0 atom stereocenters. The molecule has 0 amide bonds. The molecule has 0 aliphatic heterocycles. The first-order valence-corrected chi connectivity index (χ1v) is 6.67. The van der Waals surface area contributed by atoms with Gasteiger partial charge in [0.2, 0.25) is 5.95 Å². The van der Waals surface area contributed by atoms with E-state index in [-0.39, 0.29) is 0 Å². The van der Waals surface area contributed by atoms with Crippen LogP contribution in [0.15, 0.2) is 36.4 Å². The van der Waals surface area contributed by atoms with Crippen molar-refractivity contribution < 1.29 is 9.47 Å². The summed E-state index contributed by atoms with van der Waals surface area (Å²) in [4.78, 5) is 4.37. The van der Waals surface area contributed by atoms with Crippen molar-refractivity contribution in [2.45, 2.75) is 0 Å². The van der Waals surface area contributed by atoms with Gasteiger partial charge in [0, 0.05) is 22.8 Å². The molecule has 0 spiro atoms. The maximum absolute atomic E-state index is 6.04. The van der Waals surface area contributed by atoms with Crippen LogP contribution in [0.2, 0.25) is 5.02 Å². The van der Waals surface area contributed by atoms with Crippen LogP contribution in [-0.2, 0) is 0 Å². The number of nitrogens with two attached hydrogens (primary N) is 1. The van der Waals surface area contributed by atoms with Gasteiger partial charge in [-0.25, -0.2) is 4.98 Å². The fourth-order valence-corrected chi connectivity index (χ4v) is 2.41. The van der Waals surface area contributed by atoms with Crippen molar-refractivity contribution in [1.29, 1.82) is 0 Å². The largest absolute Gasteiger partial charge is 0.493 e. The Kier molecular flexibility index (Phi) is 3.35. The topological polar surface area (TPSA) is 62.3 Å². The molecule has 2 aromatic carbocycles. The summed E-state index contributed by atoms with van der Waals surface area (Å²) in [5.41, 5.74) is 8.50. The van der Waals surface area contributed by atoms with Gasteiger partial charge in [-0.05, 0) is 24.3 Å². The highest BCUT2D eigenvalue weighted by atomic mass is 35.5. The number of benzene rings is 2. The van der Waals surface area contributed by atoms with E-state index < -0.39 is 0 Å². The summed E-state index contributed by atoms with van der Waals surface area (Å²) >= 11 is 5.93. The van der Waals surface area contributed by atoms with Gasteiger partial charge in [0.25, 0.3) is 0 Å². The summed E-state index contributed by atoms with van der Waals surface area (Å²) in [5.74, 6) is 1.63. The minimum absolute atomic E-state index is 0.391. The van der Waals surface area contributed by atoms with Gasteiger partial charge in [-0.15, -0.1) is 0 Å². The second-order valence-electron chi connectivity index (χ2n) is 4.48. The number of rotatable bonds is 3. The van der Waals surface area contributed by atoms with E-state index in [0.717, 1.165) is 16.7 Å². The summed E-state index contributed by atoms with van der Waals surface area (Å²) in [7, 11) is 3.18.